The minimum absolute atomic E-state index is 0.470. The third-order valence-electron chi connectivity index (χ3n) is 3.47. The highest BCUT2D eigenvalue weighted by molar-refractivity contribution is 4.76. The van der Waals surface area contributed by atoms with Gasteiger partial charge in [0.25, 0.3) is 0 Å². The first kappa shape index (κ1) is 13.0. The first-order valence-corrected chi connectivity index (χ1v) is 5.52. The molecule has 0 aliphatic rings. The molecule has 0 saturated carbocycles. The minimum Gasteiger partial charge on any atom is -0.390 e. The number of hydrogen-bond donors (Lipinski definition) is 1. The van der Waals surface area contributed by atoms with E-state index in [1.54, 1.807) is 0 Å². The lowest BCUT2D eigenvalue weighted by molar-refractivity contribution is 0.0208. The molecule has 0 aromatic carbocycles. The predicted octanol–water partition coefficient (Wildman–Crippen LogP) is 3.47. The van der Waals surface area contributed by atoms with Crippen molar-refractivity contribution >= 4 is 0 Å². The van der Waals surface area contributed by atoms with Crippen LogP contribution in [0.3, 0.4) is 0 Å². The van der Waals surface area contributed by atoms with Crippen molar-refractivity contribution in [1.82, 2.24) is 0 Å². The molecule has 0 heterocycles. The van der Waals surface area contributed by atoms with E-state index in [0.29, 0.717) is 17.8 Å². The molecule has 1 N–H and O–H groups in total. The monoisotopic (exact) mass is 186 g/mol. The standard InChI is InChI=1S/C12H26O/c1-7-12(6,13)8-10(4)11(5)9(2)3/h9-11,13H,7-8H2,1-6H3. The second kappa shape index (κ2) is 4.99. The van der Waals surface area contributed by atoms with Crippen molar-refractivity contribution < 1.29 is 5.11 Å². The van der Waals surface area contributed by atoms with E-state index in [1.807, 2.05) is 13.8 Å². The molecule has 0 aliphatic heterocycles. The number of hydrogen-bond acceptors (Lipinski definition) is 1. The third-order valence-corrected chi connectivity index (χ3v) is 3.47. The molecule has 3 unspecified atom stereocenters. The van der Waals surface area contributed by atoms with Gasteiger partial charge < -0.3 is 5.11 Å². The van der Waals surface area contributed by atoms with Gasteiger partial charge in [0.05, 0.1) is 5.60 Å². The SMILES string of the molecule is CCC(C)(O)CC(C)C(C)C(C)C. The fourth-order valence-corrected chi connectivity index (χ4v) is 1.68. The van der Waals surface area contributed by atoms with Gasteiger partial charge in [0.1, 0.15) is 0 Å². The molecule has 0 aromatic rings. The van der Waals surface area contributed by atoms with Crippen molar-refractivity contribution in [1.29, 1.82) is 0 Å². The summed E-state index contributed by atoms with van der Waals surface area (Å²) in [7, 11) is 0. The van der Waals surface area contributed by atoms with Crippen molar-refractivity contribution in [2.45, 2.75) is 60.0 Å². The molecule has 1 nitrogen and oxygen atoms in total. The lowest BCUT2D eigenvalue weighted by atomic mass is 9.79. The summed E-state index contributed by atoms with van der Waals surface area (Å²) in [5.74, 6) is 2.01. The molecule has 80 valence electrons. The summed E-state index contributed by atoms with van der Waals surface area (Å²) in [6, 6.07) is 0. The Morgan fingerprint density at radius 2 is 1.62 bits per heavy atom. The van der Waals surface area contributed by atoms with E-state index < -0.39 is 5.60 Å². The van der Waals surface area contributed by atoms with Gasteiger partial charge >= 0.3 is 0 Å². The summed E-state index contributed by atoms with van der Waals surface area (Å²) in [5, 5.41) is 9.92. The van der Waals surface area contributed by atoms with Crippen LogP contribution in [0.4, 0.5) is 0 Å². The van der Waals surface area contributed by atoms with Gasteiger partial charge in [-0.2, -0.15) is 0 Å². The van der Waals surface area contributed by atoms with Gasteiger partial charge in [0.15, 0.2) is 0 Å². The van der Waals surface area contributed by atoms with Crippen molar-refractivity contribution in [3.8, 4) is 0 Å². The second-order valence-electron chi connectivity index (χ2n) is 5.14. The maximum Gasteiger partial charge on any atom is 0.0619 e. The Labute approximate surface area is 83.5 Å². The average Bonchev–Trinajstić information content (AvgIpc) is 2.02. The summed E-state index contributed by atoms with van der Waals surface area (Å²) < 4.78 is 0. The zero-order valence-corrected chi connectivity index (χ0v) is 10.1. The highest BCUT2D eigenvalue weighted by atomic mass is 16.3. The quantitative estimate of drug-likeness (QED) is 0.697. The average molecular weight is 186 g/mol. The van der Waals surface area contributed by atoms with Gasteiger partial charge in [-0.15, -0.1) is 0 Å². The Hall–Kier alpha value is -0.0400. The molecule has 13 heavy (non-hydrogen) atoms. The van der Waals surface area contributed by atoms with Gasteiger partial charge in [0, 0.05) is 0 Å². The Bertz CT molecular complexity index is 138. The van der Waals surface area contributed by atoms with Crippen molar-refractivity contribution in [3.63, 3.8) is 0 Å². The van der Waals surface area contributed by atoms with Gasteiger partial charge in [-0.25, -0.2) is 0 Å². The molecule has 0 fully saturated rings. The van der Waals surface area contributed by atoms with Crippen molar-refractivity contribution in [2.24, 2.45) is 17.8 Å². The summed E-state index contributed by atoms with van der Waals surface area (Å²) >= 11 is 0. The van der Waals surface area contributed by atoms with Crippen LogP contribution < -0.4 is 0 Å². The zero-order chi connectivity index (χ0) is 10.6. The highest BCUT2D eigenvalue weighted by Gasteiger charge is 2.25. The third kappa shape index (κ3) is 4.66. The lowest BCUT2D eigenvalue weighted by Crippen LogP contribution is -2.29. The molecule has 0 radical (unpaired) electrons. The van der Waals surface area contributed by atoms with Gasteiger partial charge in [-0.05, 0) is 37.5 Å². The van der Waals surface area contributed by atoms with E-state index in [-0.39, 0.29) is 0 Å². The van der Waals surface area contributed by atoms with Crippen molar-refractivity contribution in [3.05, 3.63) is 0 Å². The predicted molar refractivity (Wildman–Crippen MR) is 58.7 cm³/mol. The minimum atomic E-state index is -0.470. The number of rotatable bonds is 5. The van der Waals surface area contributed by atoms with Crippen LogP contribution in [0.1, 0.15) is 54.4 Å². The van der Waals surface area contributed by atoms with Crippen LogP contribution in [0.5, 0.6) is 0 Å². The summed E-state index contributed by atoms with van der Waals surface area (Å²) in [5.41, 5.74) is -0.470. The summed E-state index contributed by atoms with van der Waals surface area (Å²) in [4.78, 5) is 0. The van der Waals surface area contributed by atoms with Crippen LogP contribution in [0.15, 0.2) is 0 Å². The van der Waals surface area contributed by atoms with Crippen LogP contribution >= 0.6 is 0 Å². The fourth-order valence-electron chi connectivity index (χ4n) is 1.68. The Kier molecular flexibility index (Phi) is 4.98. The molecular weight excluding hydrogens is 160 g/mol. The molecule has 0 spiro atoms. The van der Waals surface area contributed by atoms with Gasteiger partial charge in [-0.1, -0.05) is 34.6 Å². The van der Waals surface area contributed by atoms with E-state index in [0.717, 1.165) is 12.8 Å². The summed E-state index contributed by atoms with van der Waals surface area (Å²) in [6.07, 6.45) is 1.77. The molecule has 0 amide bonds. The Morgan fingerprint density at radius 3 is 1.92 bits per heavy atom. The molecule has 0 bridgehead atoms. The van der Waals surface area contributed by atoms with Crippen molar-refractivity contribution in [2.75, 3.05) is 0 Å². The molecule has 0 aromatic heterocycles. The topological polar surface area (TPSA) is 20.2 Å². The zero-order valence-electron chi connectivity index (χ0n) is 10.1. The highest BCUT2D eigenvalue weighted by Crippen LogP contribution is 2.28. The first-order chi connectivity index (χ1) is 5.80. The largest absolute Gasteiger partial charge is 0.390 e. The maximum absolute atomic E-state index is 9.92. The second-order valence-corrected chi connectivity index (χ2v) is 5.14. The smallest absolute Gasteiger partial charge is 0.0619 e. The first-order valence-electron chi connectivity index (χ1n) is 5.52. The van der Waals surface area contributed by atoms with E-state index in [2.05, 4.69) is 27.7 Å². The van der Waals surface area contributed by atoms with E-state index in [9.17, 15) is 5.11 Å². The molecule has 0 saturated heterocycles. The normalized spacial score (nSPS) is 21.2. The van der Waals surface area contributed by atoms with E-state index in [4.69, 9.17) is 0 Å². The molecule has 1 heteroatoms. The van der Waals surface area contributed by atoms with Crippen LogP contribution in [0, 0.1) is 17.8 Å². The fraction of sp³-hybridized carbons (Fsp3) is 1.00. The van der Waals surface area contributed by atoms with Gasteiger partial charge in [-0.3, -0.25) is 0 Å². The molecular formula is C12H26O. The lowest BCUT2D eigenvalue weighted by Gasteiger charge is -2.30. The van der Waals surface area contributed by atoms with Crippen LogP contribution in [0.25, 0.3) is 0 Å². The molecule has 0 rings (SSSR count). The molecule has 0 aliphatic carbocycles. The molecule has 3 atom stereocenters. The van der Waals surface area contributed by atoms with Crippen LogP contribution in [-0.2, 0) is 0 Å². The van der Waals surface area contributed by atoms with Crippen LogP contribution in [0.2, 0.25) is 0 Å². The Morgan fingerprint density at radius 1 is 1.15 bits per heavy atom. The van der Waals surface area contributed by atoms with Crippen LogP contribution in [-0.4, -0.2) is 10.7 Å². The number of aliphatic hydroxyl groups is 1. The van der Waals surface area contributed by atoms with E-state index in [1.165, 1.54) is 0 Å². The summed E-state index contributed by atoms with van der Waals surface area (Å²) in [6.45, 7) is 13.0. The van der Waals surface area contributed by atoms with Gasteiger partial charge in [0.2, 0.25) is 0 Å². The Balaban J connectivity index is 4.06. The maximum atomic E-state index is 9.92. The van der Waals surface area contributed by atoms with E-state index >= 15 is 0 Å².